The van der Waals surface area contributed by atoms with Crippen LogP contribution in [0.2, 0.25) is 0 Å². The van der Waals surface area contributed by atoms with Crippen molar-refractivity contribution >= 4 is 35.6 Å². The molecule has 0 aliphatic carbocycles. The van der Waals surface area contributed by atoms with Gasteiger partial charge in [0.2, 0.25) is 0 Å². The van der Waals surface area contributed by atoms with Crippen molar-refractivity contribution in [2.75, 3.05) is 7.05 Å². The largest absolute Gasteiger partial charge is 0.352 e. The number of aliphatic imine (C=N–C) groups is 1. The molecule has 3 rings (SSSR count). The lowest BCUT2D eigenvalue weighted by Crippen LogP contribution is -2.36. The zero-order chi connectivity index (χ0) is 16.9. The van der Waals surface area contributed by atoms with Crippen LogP contribution < -0.4 is 10.6 Å². The quantitative estimate of drug-likeness (QED) is 0.362. The van der Waals surface area contributed by atoms with Crippen molar-refractivity contribution in [1.82, 2.24) is 20.0 Å². The van der Waals surface area contributed by atoms with Crippen molar-refractivity contribution in [3.05, 3.63) is 71.4 Å². The second-order valence-corrected chi connectivity index (χ2v) is 5.50. The number of guanidine groups is 1. The predicted molar refractivity (Wildman–Crippen MR) is 109 cm³/mol. The fraction of sp³-hybridized carbons (Fsp3) is 0.222. The van der Waals surface area contributed by atoms with Gasteiger partial charge in [0.05, 0.1) is 12.2 Å². The van der Waals surface area contributed by atoms with Gasteiger partial charge in [-0.15, -0.1) is 24.0 Å². The van der Waals surface area contributed by atoms with Crippen molar-refractivity contribution in [1.29, 1.82) is 0 Å². The van der Waals surface area contributed by atoms with Crippen LogP contribution in [0.3, 0.4) is 0 Å². The van der Waals surface area contributed by atoms with Gasteiger partial charge < -0.3 is 15.0 Å². The van der Waals surface area contributed by atoms with E-state index in [1.54, 1.807) is 19.2 Å². The van der Waals surface area contributed by atoms with Crippen molar-refractivity contribution in [2.45, 2.75) is 20.0 Å². The fourth-order valence-corrected chi connectivity index (χ4v) is 2.50. The first-order chi connectivity index (χ1) is 11.7. The third-order valence-corrected chi connectivity index (χ3v) is 3.81. The number of hydrogen-bond donors (Lipinski definition) is 2. The van der Waals surface area contributed by atoms with Gasteiger partial charge in [0, 0.05) is 31.0 Å². The van der Waals surface area contributed by atoms with Crippen molar-refractivity contribution in [3.63, 3.8) is 0 Å². The van der Waals surface area contributed by atoms with Crippen molar-refractivity contribution in [3.8, 4) is 0 Å². The maximum Gasteiger partial charge on any atom is 0.191 e. The molecular weight excluding hydrogens is 432 g/mol. The summed E-state index contributed by atoms with van der Waals surface area (Å²) in [5.74, 6) is 0.378. The summed E-state index contributed by atoms with van der Waals surface area (Å²) in [6.07, 6.45) is 2.00. The van der Waals surface area contributed by atoms with Crippen molar-refractivity contribution in [2.24, 2.45) is 4.99 Å². The van der Waals surface area contributed by atoms with Gasteiger partial charge in [0.1, 0.15) is 11.5 Å². The molecule has 7 heteroatoms. The van der Waals surface area contributed by atoms with E-state index in [1.807, 2.05) is 41.8 Å². The molecule has 2 N–H and O–H groups in total. The summed E-state index contributed by atoms with van der Waals surface area (Å²) in [5, 5.41) is 6.30. The van der Waals surface area contributed by atoms with Gasteiger partial charge in [0.25, 0.3) is 0 Å². The minimum atomic E-state index is -0.226. The Labute approximate surface area is 163 Å². The summed E-state index contributed by atoms with van der Waals surface area (Å²) in [5.41, 5.74) is 3.57. The SMILES string of the molecule is CN=C(NCc1cn2c(C)cccc2n1)NCc1ccccc1F.I. The number of pyridine rings is 1. The number of aryl methyl sites for hydroxylation is 1. The molecule has 0 saturated heterocycles. The number of benzene rings is 1. The smallest absolute Gasteiger partial charge is 0.191 e. The number of fused-ring (bicyclic) bond motifs is 1. The highest BCUT2D eigenvalue weighted by molar-refractivity contribution is 14.0. The van der Waals surface area contributed by atoms with Crippen LogP contribution in [0.25, 0.3) is 5.65 Å². The number of nitrogens with one attached hydrogen (secondary N) is 2. The van der Waals surface area contributed by atoms with Gasteiger partial charge in [-0.3, -0.25) is 4.99 Å². The summed E-state index contributed by atoms with van der Waals surface area (Å²) in [6.45, 7) is 2.95. The molecular formula is C18H21FIN5. The van der Waals surface area contributed by atoms with Crippen LogP contribution in [0, 0.1) is 12.7 Å². The van der Waals surface area contributed by atoms with E-state index in [0.717, 1.165) is 17.0 Å². The lowest BCUT2D eigenvalue weighted by molar-refractivity contribution is 0.604. The molecule has 132 valence electrons. The molecule has 0 radical (unpaired) electrons. The molecule has 0 atom stereocenters. The molecule has 0 bridgehead atoms. The van der Waals surface area contributed by atoms with E-state index < -0.39 is 0 Å². The fourth-order valence-electron chi connectivity index (χ4n) is 2.50. The Hall–Kier alpha value is -2.16. The first-order valence-corrected chi connectivity index (χ1v) is 7.79. The van der Waals surface area contributed by atoms with Gasteiger partial charge in [-0.05, 0) is 25.1 Å². The Kier molecular flexibility index (Phi) is 6.74. The molecule has 0 amide bonds. The number of aromatic nitrogens is 2. The van der Waals surface area contributed by atoms with Gasteiger partial charge in [-0.1, -0.05) is 24.3 Å². The zero-order valence-electron chi connectivity index (χ0n) is 14.2. The van der Waals surface area contributed by atoms with E-state index in [1.165, 1.54) is 6.07 Å². The molecule has 2 aromatic heterocycles. The Bertz CT molecular complexity index is 875. The van der Waals surface area contributed by atoms with E-state index in [0.29, 0.717) is 24.6 Å². The number of nitrogens with zero attached hydrogens (tertiary/aromatic N) is 3. The third kappa shape index (κ3) is 4.68. The van der Waals surface area contributed by atoms with Crippen LogP contribution in [-0.4, -0.2) is 22.4 Å². The Morgan fingerprint density at radius 3 is 2.60 bits per heavy atom. The number of halogens is 2. The topological polar surface area (TPSA) is 53.7 Å². The van der Waals surface area contributed by atoms with Crippen LogP contribution in [-0.2, 0) is 13.1 Å². The van der Waals surface area contributed by atoms with Gasteiger partial charge in [-0.2, -0.15) is 0 Å². The normalized spacial score (nSPS) is 11.2. The van der Waals surface area contributed by atoms with E-state index in [4.69, 9.17) is 0 Å². The third-order valence-electron chi connectivity index (χ3n) is 3.81. The van der Waals surface area contributed by atoms with E-state index in [2.05, 4.69) is 20.6 Å². The minimum absolute atomic E-state index is 0. The summed E-state index contributed by atoms with van der Waals surface area (Å²) >= 11 is 0. The summed E-state index contributed by atoms with van der Waals surface area (Å²) in [4.78, 5) is 8.73. The number of hydrogen-bond acceptors (Lipinski definition) is 2. The lowest BCUT2D eigenvalue weighted by atomic mass is 10.2. The molecule has 0 aliphatic rings. The molecule has 5 nitrogen and oxygen atoms in total. The first-order valence-electron chi connectivity index (χ1n) is 7.79. The van der Waals surface area contributed by atoms with Crippen molar-refractivity contribution < 1.29 is 4.39 Å². The molecule has 0 fully saturated rings. The molecule has 3 aromatic rings. The molecule has 25 heavy (non-hydrogen) atoms. The summed E-state index contributed by atoms with van der Waals surface area (Å²) in [6, 6.07) is 12.7. The Morgan fingerprint density at radius 1 is 1.12 bits per heavy atom. The number of rotatable bonds is 4. The average molecular weight is 453 g/mol. The predicted octanol–water partition coefficient (Wildman–Crippen LogP) is 3.27. The van der Waals surface area contributed by atoms with Crippen LogP contribution >= 0.6 is 24.0 Å². The lowest BCUT2D eigenvalue weighted by Gasteiger charge is -2.11. The molecule has 0 saturated carbocycles. The highest BCUT2D eigenvalue weighted by Gasteiger charge is 2.05. The van der Waals surface area contributed by atoms with Gasteiger partial charge >= 0.3 is 0 Å². The molecule has 1 aromatic carbocycles. The maximum absolute atomic E-state index is 13.6. The zero-order valence-corrected chi connectivity index (χ0v) is 16.5. The maximum atomic E-state index is 13.6. The van der Waals surface area contributed by atoms with Crippen LogP contribution in [0.15, 0.2) is 53.7 Å². The molecule has 0 aliphatic heterocycles. The Balaban J connectivity index is 0.00000225. The van der Waals surface area contributed by atoms with Crippen LogP contribution in [0.5, 0.6) is 0 Å². The van der Waals surface area contributed by atoms with E-state index in [-0.39, 0.29) is 29.8 Å². The van der Waals surface area contributed by atoms with Gasteiger partial charge in [0.15, 0.2) is 5.96 Å². The second kappa shape index (κ2) is 8.80. The summed E-state index contributed by atoms with van der Waals surface area (Å²) < 4.78 is 15.7. The average Bonchev–Trinajstić information content (AvgIpc) is 3.01. The summed E-state index contributed by atoms with van der Waals surface area (Å²) in [7, 11) is 1.69. The standard InChI is InChI=1S/C18H20FN5.HI/c1-13-6-5-9-17-23-15(12-24(13)17)11-22-18(20-2)21-10-14-7-3-4-8-16(14)19;/h3-9,12H,10-11H2,1-2H3,(H2,20,21,22);1H. The first kappa shape index (κ1) is 19.2. The Morgan fingerprint density at radius 2 is 1.88 bits per heavy atom. The minimum Gasteiger partial charge on any atom is -0.352 e. The van der Waals surface area contributed by atoms with Gasteiger partial charge in [-0.25, -0.2) is 9.37 Å². The van der Waals surface area contributed by atoms with E-state index in [9.17, 15) is 4.39 Å². The second-order valence-electron chi connectivity index (χ2n) is 5.50. The highest BCUT2D eigenvalue weighted by Crippen LogP contribution is 2.08. The monoisotopic (exact) mass is 453 g/mol. The van der Waals surface area contributed by atoms with Crippen LogP contribution in [0.1, 0.15) is 17.0 Å². The van der Waals surface area contributed by atoms with E-state index >= 15 is 0 Å². The van der Waals surface area contributed by atoms with Crippen LogP contribution in [0.4, 0.5) is 4.39 Å². The molecule has 0 spiro atoms. The number of imidazole rings is 1. The highest BCUT2D eigenvalue weighted by atomic mass is 127. The molecule has 0 unspecified atom stereocenters. The molecule has 2 heterocycles.